The summed E-state index contributed by atoms with van der Waals surface area (Å²) in [5.41, 5.74) is 0.309. The van der Waals surface area contributed by atoms with Crippen LogP contribution >= 0.6 is 0 Å². The molecule has 3 aromatic carbocycles. The zero-order valence-electron chi connectivity index (χ0n) is 19.7. The lowest BCUT2D eigenvalue weighted by Crippen LogP contribution is -2.40. The topological polar surface area (TPSA) is 119 Å². The van der Waals surface area contributed by atoms with Crippen molar-refractivity contribution in [1.29, 1.82) is 0 Å². The lowest BCUT2D eigenvalue weighted by Gasteiger charge is -2.21. The number of rotatable bonds is 7. The Morgan fingerprint density at radius 2 is 1.46 bits per heavy atom. The van der Waals surface area contributed by atoms with Gasteiger partial charge in [-0.1, -0.05) is 30.3 Å². The van der Waals surface area contributed by atoms with E-state index in [1.165, 1.54) is 6.20 Å². The number of nitrogens with zero attached hydrogens (tertiary/aromatic N) is 1. The van der Waals surface area contributed by atoms with Crippen LogP contribution in [0.15, 0.2) is 97.2 Å². The van der Waals surface area contributed by atoms with E-state index in [9.17, 15) is 14.4 Å². The maximum Gasteiger partial charge on any atom is 0.322 e. The van der Waals surface area contributed by atoms with Crippen LogP contribution in [0.3, 0.4) is 0 Å². The molecule has 9 nitrogen and oxygen atoms in total. The lowest BCUT2D eigenvalue weighted by molar-refractivity contribution is -0.123. The molecule has 1 aromatic heterocycles. The second-order valence-corrected chi connectivity index (χ2v) is 8.44. The van der Waals surface area contributed by atoms with Gasteiger partial charge in [-0.05, 0) is 67.1 Å². The molecule has 0 saturated carbocycles. The van der Waals surface area contributed by atoms with Crippen LogP contribution in [-0.4, -0.2) is 22.8 Å². The summed E-state index contributed by atoms with van der Waals surface area (Å²) in [6.07, 6.45) is 1.42. The Morgan fingerprint density at radius 3 is 2.05 bits per heavy atom. The number of hydrogen-bond donors (Lipinski definition) is 3. The van der Waals surface area contributed by atoms with Gasteiger partial charge in [0.1, 0.15) is 22.8 Å². The summed E-state index contributed by atoms with van der Waals surface area (Å²) in [7, 11) is 0. The third-order valence-electron chi connectivity index (χ3n) is 5.79. The van der Waals surface area contributed by atoms with Gasteiger partial charge in [0, 0.05) is 18.0 Å². The normalized spacial score (nSPS) is 16.5. The van der Waals surface area contributed by atoms with Crippen molar-refractivity contribution in [2.45, 2.75) is 12.5 Å². The standard InChI is InChI=1S/C28H22N4O5/c1-28(26(34)31-27(35)32-28)19-8-10-20(11-9-19)30-25(33)18-7-16-24(29-17-18)37-23-14-12-22(13-15-23)36-21-5-3-2-4-6-21/h2-17H,1H3,(H,30,33)(H2,31,32,34,35). The van der Waals surface area contributed by atoms with E-state index in [0.29, 0.717) is 34.2 Å². The SMILES string of the molecule is CC1(c2ccc(NC(=O)c3ccc(Oc4ccc(Oc5ccccc5)cc4)nc3)cc2)NC(=O)NC1=O. The molecule has 1 fully saturated rings. The number of para-hydroxylation sites is 1. The highest BCUT2D eigenvalue weighted by Gasteiger charge is 2.43. The number of carbonyl (C=O) groups is 3. The Balaban J connectivity index is 1.18. The van der Waals surface area contributed by atoms with E-state index in [1.54, 1.807) is 67.6 Å². The molecule has 1 atom stereocenters. The molecule has 1 aliphatic rings. The lowest BCUT2D eigenvalue weighted by atomic mass is 9.92. The quantitative estimate of drug-likeness (QED) is 0.312. The van der Waals surface area contributed by atoms with Crippen LogP contribution in [0.2, 0.25) is 0 Å². The summed E-state index contributed by atoms with van der Waals surface area (Å²) < 4.78 is 11.5. The van der Waals surface area contributed by atoms with Gasteiger partial charge in [-0.3, -0.25) is 14.9 Å². The van der Waals surface area contributed by atoms with E-state index < -0.39 is 17.5 Å². The maximum absolute atomic E-state index is 12.6. The summed E-state index contributed by atoms with van der Waals surface area (Å²) in [6, 6.07) is 25.9. The van der Waals surface area contributed by atoms with Crippen molar-refractivity contribution in [1.82, 2.24) is 15.6 Å². The first-order valence-corrected chi connectivity index (χ1v) is 11.4. The minimum Gasteiger partial charge on any atom is -0.457 e. The van der Waals surface area contributed by atoms with E-state index in [4.69, 9.17) is 9.47 Å². The second kappa shape index (κ2) is 9.82. The van der Waals surface area contributed by atoms with Gasteiger partial charge in [0.05, 0.1) is 5.56 Å². The first kappa shape index (κ1) is 23.6. The van der Waals surface area contributed by atoms with Gasteiger partial charge >= 0.3 is 6.03 Å². The molecule has 2 heterocycles. The fourth-order valence-electron chi connectivity index (χ4n) is 3.73. The number of anilines is 1. The van der Waals surface area contributed by atoms with Crippen LogP contribution in [0.5, 0.6) is 23.1 Å². The largest absolute Gasteiger partial charge is 0.457 e. The van der Waals surface area contributed by atoms with Crippen molar-refractivity contribution in [2.75, 3.05) is 5.32 Å². The van der Waals surface area contributed by atoms with E-state index >= 15 is 0 Å². The number of hydrogen-bond acceptors (Lipinski definition) is 6. The molecule has 0 bridgehead atoms. The number of amides is 4. The number of urea groups is 1. The highest BCUT2D eigenvalue weighted by Crippen LogP contribution is 2.27. The summed E-state index contributed by atoms with van der Waals surface area (Å²) in [5.74, 6) is 1.55. The number of pyridine rings is 1. The van der Waals surface area contributed by atoms with Crippen LogP contribution < -0.4 is 25.4 Å². The van der Waals surface area contributed by atoms with Crippen molar-refractivity contribution >= 4 is 23.5 Å². The number of benzene rings is 3. The molecule has 0 spiro atoms. The predicted molar refractivity (Wildman–Crippen MR) is 136 cm³/mol. The van der Waals surface area contributed by atoms with Gasteiger partial charge in [-0.15, -0.1) is 0 Å². The van der Waals surface area contributed by atoms with Gasteiger partial charge in [-0.2, -0.15) is 0 Å². The Labute approximate surface area is 212 Å². The van der Waals surface area contributed by atoms with Crippen molar-refractivity contribution in [3.8, 4) is 23.1 Å². The van der Waals surface area contributed by atoms with E-state index in [-0.39, 0.29) is 5.91 Å². The van der Waals surface area contributed by atoms with Crippen LogP contribution in [0.4, 0.5) is 10.5 Å². The Kier molecular flexibility index (Phi) is 6.25. The molecule has 1 saturated heterocycles. The van der Waals surface area contributed by atoms with Gasteiger partial charge in [0.15, 0.2) is 0 Å². The van der Waals surface area contributed by atoms with Crippen LogP contribution in [-0.2, 0) is 10.3 Å². The number of aromatic nitrogens is 1. The second-order valence-electron chi connectivity index (χ2n) is 8.44. The highest BCUT2D eigenvalue weighted by atomic mass is 16.5. The molecular formula is C28H22N4O5. The third kappa shape index (κ3) is 5.25. The molecule has 3 N–H and O–H groups in total. The molecule has 5 rings (SSSR count). The fraction of sp³-hybridized carbons (Fsp3) is 0.0714. The predicted octanol–water partition coefficient (Wildman–Crippen LogP) is 4.97. The van der Waals surface area contributed by atoms with E-state index in [1.807, 2.05) is 30.3 Å². The Bertz CT molecular complexity index is 1440. The Morgan fingerprint density at radius 1 is 0.811 bits per heavy atom. The number of nitrogens with one attached hydrogen (secondary N) is 3. The number of ether oxygens (including phenoxy) is 2. The molecule has 9 heteroatoms. The first-order valence-electron chi connectivity index (χ1n) is 11.4. The zero-order chi connectivity index (χ0) is 25.8. The Hall–Kier alpha value is -5.18. The van der Waals surface area contributed by atoms with E-state index in [0.717, 1.165) is 5.75 Å². The fourth-order valence-corrected chi connectivity index (χ4v) is 3.73. The van der Waals surface area contributed by atoms with Crippen LogP contribution in [0.1, 0.15) is 22.8 Å². The maximum atomic E-state index is 12.6. The van der Waals surface area contributed by atoms with Crippen molar-refractivity contribution in [2.24, 2.45) is 0 Å². The van der Waals surface area contributed by atoms with Crippen molar-refractivity contribution in [3.63, 3.8) is 0 Å². The van der Waals surface area contributed by atoms with Crippen molar-refractivity contribution < 1.29 is 23.9 Å². The van der Waals surface area contributed by atoms with Gasteiger partial charge < -0.3 is 20.1 Å². The van der Waals surface area contributed by atoms with Crippen molar-refractivity contribution in [3.05, 3.63) is 108 Å². The molecule has 1 unspecified atom stereocenters. The average Bonchev–Trinajstić information content (AvgIpc) is 3.18. The molecule has 4 amide bonds. The molecular weight excluding hydrogens is 472 g/mol. The summed E-state index contributed by atoms with van der Waals surface area (Å²) >= 11 is 0. The van der Waals surface area contributed by atoms with Crippen LogP contribution in [0, 0.1) is 0 Å². The molecule has 184 valence electrons. The smallest absolute Gasteiger partial charge is 0.322 e. The summed E-state index contributed by atoms with van der Waals surface area (Å²) in [5, 5.41) is 7.61. The monoisotopic (exact) mass is 494 g/mol. The summed E-state index contributed by atoms with van der Waals surface area (Å²) in [6.45, 7) is 1.61. The molecule has 1 aliphatic heterocycles. The summed E-state index contributed by atoms with van der Waals surface area (Å²) in [4.78, 5) is 40.4. The van der Waals surface area contributed by atoms with E-state index in [2.05, 4.69) is 20.9 Å². The molecule has 0 aliphatic carbocycles. The van der Waals surface area contributed by atoms with Crippen LogP contribution in [0.25, 0.3) is 0 Å². The first-order chi connectivity index (χ1) is 17.9. The third-order valence-corrected chi connectivity index (χ3v) is 5.79. The van der Waals surface area contributed by atoms with Gasteiger partial charge in [-0.25, -0.2) is 9.78 Å². The zero-order valence-corrected chi connectivity index (χ0v) is 19.7. The number of imide groups is 1. The minimum atomic E-state index is -1.16. The number of carbonyl (C=O) groups excluding carboxylic acids is 3. The minimum absolute atomic E-state index is 0.336. The van der Waals surface area contributed by atoms with Gasteiger partial charge in [0.25, 0.3) is 11.8 Å². The van der Waals surface area contributed by atoms with Gasteiger partial charge in [0.2, 0.25) is 5.88 Å². The average molecular weight is 495 g/mol. The highest BCUT2D eigenvalue weighted by molar-refractivity contribution is 6.07. The molecule has 37 heavy (non-hydrogen) atoms. The molecule has 4 aromatic rings. The molecule has 0 radical (unpaired) electrons.